The van der Waals surface area contributed by atoms with Crippen molar-refractivity contribution in [3.05, 3.63) is 71.3 Å². The van der Waals surface area contributed by atoms with Crippen molar-refractivity contribution in [2.45, 2.75) is 25.8 Å². The van der Waals surface area contributed by atoms with Crippen molar-refractivity contribution in [2.24, 2.45) is 0 Å². The van der Waals surface area contributed by atoms with Gasteiger partial charge in [0.15, 0.2) is 0 Å². The molecule has 1 aliphatic rings. The van der Waals surface area contributed by atoms with Gasteiger partial charge in [0.25, 0.3) is 0 Å². The molecule has 1 unspecified atom stereocenters. The summed E-state index contributed by atoms with van der Waals surface area (Å²) in [7, 11) is 0. The second-order valence-corrected chi connectivity index (χ2v) is 5.37. The summed E-state index contributed by atoms with van der Waals surface area (Å²) in [4.78, 5) is 13.9. The van der Waals surface area contributed by atoms with Crippen LogP contribution < -0.4 is 0 Å². The lowest BCUT2D eigenvalue weighted by molar-refractivity contribution is -0.131. The molecule has 1 heterocycles. The first-order chi connectivity index (χ1) is 9.75. The fourth-order valence-corrected chi connectivity index (χ4v) is 3.09. The van der Waals surface area contributed by atoms with Crippen LogP contribution in [0.2, 0.25) is 0 Å². The second-order valence-electron chi connectivity index (χ2n) is 5.37. The van der Waals surface area contributed by atoms with E-state index in [-0.39, 0.29) is 11.9 Å². The third-order valence-corrected chi connectivity index (χ3v) is 4.09. The van der Waals surface area contributed by atoms with Crippen LogP contribution >= 0.6 is 0 Å². The number of carbonyl (C=O) groups excluding carboxylic acids is 1. The van der Waals surface area contributed by atoms with E-state index >= 15 is 0 Å². The number of fused-ring (bicyclic) bond motifs is 1. The van der Waals surface area contributed by atoms with Gasteiger partial charge in [-0.2, -0.15) is 0 Å². The maximum atomic E-state index is 11.9. The molecule has 0 aliphatic carbocycles. The van der Waals surface area contributed by atoms with Crippen molar-refractivity contribution in [1.82, 2.24) is 4.90 Å². The zero-order valence-corrected chi connectivity index (χ0v) is 11.8. The molecular formula is C18H19NO. The van der Waals surface area contributed by atoms with E-state index in [2.05, 4.69) is 48.5 Å². The highest BCUT2D eigenvalue weighted by atomic mass is 16.2. The molecule has 0 fully saturated rings. The lowest BCUT2D eigenvalue weighted by atomic mass is 9.88. The van der Waals surface area contributed by atoms with E-state index in [1.807, 2.05) is 11.0 Å². The van der Waals surface area contributed by atoms with E-state index in [0.29, 0.717) is 0 Å². The zero-order chi connectivity index (χ0) is 13.9. The summed E-state index contributed by atoms with van der Waals surface area (Å²) in [6.45, 7) is 2.50. The van der Waals surface area contributed by atoms with Crippen molar-refractivity contribution in [1.29, 1.82) is 0 Å². The van der Waals surface area contributed by atoms with Crippen LogP contribution in [-0.4, -0.2) is 17.4 Å². The molecule has 2 aromatic rings. The van der Waals surface area contributed by atoms with E-state index < -0.39 is 0 Å². The fraction of sp³-hybridized carbons (Fsp3) is 0.278. The van der Waals surface area contributed by atoms with Gasteiger partial charge in [-0.1, -0.05) is 54.6 Å². The normalized spacial score (nSPS) is 17.6. The monoisotopic (exact) mass is 265 g/mol. The Morgan fingerprint density at radius 2 is 1.80 bits per heavy atom. The van der Waals surface area contributed by atoms with E-state index in [9.17, 15) is 4.79 Å². The first kappa shape index (κ1) is 12.9. The number of rotatable bonds is 2. The number of hydrogen-bond acceptors (Lipinski definition) is 1. The Kier molecular flexibility index (Phi) is 3.55. The van der Waals surface area contributed by atoms with Gasteiger partial charge in [0.1, 0.15) is 0 Å². The van der Waals surface area contributed by atoms with Crippen LogP contribution in [-0.2, 0) is 17.6 Å². The van der Waals surface area contributed by atoms with Crippen molar-refractivity contribution in [2.75, 3.05) is 6.54 Å². The molecule has 1 amide bonds. The molecule has 0 aromatic heterocycles. The minimum atomic E-state index is 0.167. The lowest BCUT2D eigenvalue weighted by Gasteiger charge is -2.37. The third-order valence-electron chi connectivity index (χ3n) is 4.09. The third kappa shape index (κ3) is 2.46. The van der Waals surface area contributed by atoms with Gasteiger partial charge in [0.05, 0.1) is 6.04 Å². The van der Waals surface area contributed by atoms with E-state index in [4.69, 9.17) is 0 Å². The van der Waals surface area contributed by atoms with Crippen molar-refractivity contribution < 1.29 is 4.79 Å². The second kappa shape index (κ2) is 5.49. The van der Waals surface area contributed by atoms with Crippen molar-refractivity contribution >= 4 is 5.91 Å². The first-order valence-electron chi connectivity index (χ1n) is 7.14. The summed E-state index contributed by atoms with van der Waals surface area (Å²) >= 11 is 0. The molecule has 2 heteroatoms. The summed E-state index contributed by atoms with van der Waals surface area (Å²) in [6.07, 6.45) is 1.85. The molecule has 0 spiro atoms. The maximum Gasteiger partial charge on any atom is 0.219 e. The summed E-state index contributed by atoms with van der Waals surface area (Å²) in [5, 5.41) is 0. The van der Waals surface area contributed by atoms with Crippen LogP contribution in [0.1, 0.15) is 29.7 Å². The summed E-state index contributed by atoms with van der Waals surface area (Å²) in [6, 6.07) is 19.1. The fourth-order valence-electron chi connectivity index (χ4n) is 3.09. The van der Waals surface area contributed by atoms with Crippen LogP contribution in [0.3, 0.4) is 0 Å². The highest BCUT2D eigenvalue weighted by Crippen LogP contribution is 2.32. The van der Waals surface area contributed by atoms with Gasteiger partial charge < -0.3 is 4.90 Å². The molecule has 0 N–H and O–H groups in total. The van der Waals surface area contributed by atoms with Gasteiger partial charge in [-0.05, 0) is 29.5 Å². The molecule has 2 aromatic carbocycles. The predicted molar refractivity (Wildman–Crippen MR) is 80.4 cm³/mol. The molecule has 1 atom stereocenters. The smallest absolute Gasteiger partial charge is 0.219 e. The predicted octanol–water partition coefficient (Wildman–Crippen LogP) is 3.38. The molecule has 0 saturated carbocycles. The van der Waals surface area contributed by atoms with Gasteiger partial charge in [-0.3, -0.25) is 4.79 Å². The summed E-state index contributed by atoms with van der Waals surface area (Å²) in [5.74, 6) is 0.167. The number of hydrogen-bond donors (Lipinski definition) is 0. The van der Waals surface area contributed by atoms with E-state index in [0.717, 1.165) is 19.4 Å². The minimum absolute atomic E-state index is 0.167. The lowest BCUT2D eigenvalue weighted by Crippen LogP contribution is -2.39. The van der Waals surface area contributed by atoms with Gasteiger partial charge in [0, 0.05) is 13.5 Å². The van der Waals surface area contributed by atoms with Gasteiger partial charge in [-0.15, -0.1) is 0 Å². The van der Waals surface area contributed by atoms with Gasteiger partial charge >= 0.3 is 0 Å². The Labute approximate surface area is 120 Å². The minimum Gasteiger partial charge on any atom is -0.335 e. The van der Waals surface area contributed by atoms with Gasteiger partial charge in [0.2, 0.25) is 5.91 Å². The average molecular weight is 265 g/mol. The highest BCUT2D eigenvalue weighted by Gasteiger charge is 2.28. The molecule has 0 radical (unpaired) electrons. The SMILES string of the molecule is CC(=O)N1CCc2ccccc2C1Cc1ccccc1. The molecular weight excluding hydrogens is 246 g/mol. The Bertz CT molecular complexity index is 606. The molecule has 2 nitrogen and oxygen atoms in total. The topological polar surface area (TPSA) is 20.3 Å². The first-order valence-corrected chi connectivity index (χ1v) is 7.14. The van der Waals surface area contributed by atoms with Crippen LogP contribution in [0.25, 0.3) is 0 Å². The van der Waals surface area contributed by atoms with Gasteiger partial charge in [-0.25, -0.2) is 0 Å². The van der Waals surface area contributed by atoms with Crippen LogP contribution in [0.4, 0.5) is 0 Å². The van der Waals surface area contributed by atoms with Crippen LogP contribution in [0.5, 0.6) is 0 Å². The summed E-state index contributed by atoms with van der Waals surface area (Å²) < 4.78 is 0. The van der Waals surface area contributed by atoms with Crippen molar-refractivity contribution in [3.63, 3.8) is 0 Å². The molecule has 0 bridgehead atoms. The van der Waals surface area contributed by atoms with Crippen molar-refractivity contribution in [3.8, 4) is 0 Å². The molecule has 1 aliphatic heterocycles. The molecule has 20 heavy (non-hydrogen) atoms. The average Bonchev–Trinajstić information content (AvgIpc) is 2.48. The van der Waals surface area contributed by atoms with Crippen LogP contribution in [0.15, 0.2) is 54.6 Å². The zero-order valence-electron chi connectivity index (χ0n) is 11.8. The molecule has 0 saturated heterocycles. The van der Waals surface area contributed by atoms with Crippen LogP contribution in [0, 0.1) is 0 Å². The van der Waals surface area contributed by atoms with E-state index in [1.165, 1.54) is 16.7 Å². The molecule has 102 valence electrons. The molecule has 3 rings (SSSR count). The largest absolute Gasteiger partial charge is 0.335 e. The Balaban J connectivity index is 1.97. The number of benzene rings is 2. The summed E-state index contributed by atoms with van der Waals surface area (Å²) in [5.41, 5.74) is 3.96. The highest BCUT2D eigenvalue weighted by molar-refractivity contribution is 5.74. The Hall–Kier alpha value is -2.09. The standard InChI is InChI=1S/C18H19NO/c1-14(20)19-12-11-16-9-5-6-10-17(16)18(19)13-15-7-3-2-4-8-15/h2-10,18H,11-13H2,1H3. The van der Waals surface area contributed by atoms with E-state index in [1.54, 1.807) is 6.92 Å². The maximum absolute atomic E-state index is 11.9. The number of carbonyl (C=O) groups is 1. The Morgan fingerprint density at radius 1 is 1.10 bits per heavy atom. The quantitative estimate of drug-likeness (QED) is 0.815. The Morgan fingerprint density at radius 3 is 2.55 bits per heavy atom. The number of amides is 1. The number of nitrogens with zero attached hydrogens (tertiary/aromatic N) is 1.